The van der Waals surface area contributed by atoms with E-state index < -0.39 is 5.91 Å². The Bertz CT molecular complexity index is 919. The molecule has 0 radical (unpaired) electrons. The minimum atomic E-state index is -0.432. The zero-order valence-corrected chi connectivity index (χ0v) is 15.7. The quantitative estimate of drug-likeness (QED) is 0.628. The molecule has 2 aromatic rings. The summed E-state index contributed by atoms with van der Waals surface area (Å²) >= 11 is 0. The largest absolute Gasteiger partial charge is 0.506 e. The fraction of sp³-hybridized carbons (Fsp3) is 0.304. The number of rotatable bonds is 4. The Hall–Kier alpha value is -3.08. The molecule has 0 bridgehead atoms. The number of hydrogen-bond acceptors (Lipinski definition) is 3. The molecule has 4 rings (SSSR count). The van der Waals surface area contributed by atoms with Crippen LogP contribution in [0.5, 0.6) is 5.75 Å². The maximum atomic E-state index is 13.2. The number of carbonyl (C=O) groups excluding carboxylic acids is 2. The SMILES string of the molecule is C=CC(=O)Nc1cc(C(=O)N2CC(c3ccccc3)C3(CCC3)C2)ccc1O. The topological polar surface area (TPSA) is 69.6 Å². The predicted molar refractivity (Wildman–Crippen MR) is 108 cm³/mol. The van der Waals surface area contributed by atoms with Crippen LogP contribution < -0.4 is 5.32 Å². The van der Waals surface area contributed by atoms with Crippen molar-refractivity contribution in [3.63, 3.8) is 0 Å². The zero-order valence-electron chi connectivity index (χ0n) is 15.7. The van der Waals surface area contributed by atoms with Gasteiger partial charge in [0.1, 0.15) is 5.75 Å². The molecule has 1 unspecified atom stereocenters. The van der Waals surface area contributed by atoms with E-state index in [1.54, 1.807) is 6.07 Å². The Kier molecular flexibility index (Phi) is 4.67. The summed E-state index contributed by atoms with van der Waals surface area (Å²) in [6.07, 6.45) is 4.63. The summed E-state index contributed by atoms with van der Waals surface area (Å²) in [6, 6.07) is 15.0. The summed E-state index contributed by atoms with van der Waals surface area (Å²) in [6.45, 7) is 4.85. The van der Waals surface area contributed by atoms with Gasteiger partial charge in [0, 0.05) is 24.6 Å². The first-order valence-electron chi connectivity index (χ1n) is 9.63. The average Bonchev–Trinajstić information content (AvgIpc) is 3.11. The molecule has 1 atom stereocenters. The van der Waals surface area contributed by atoms with Gasteiger partial charge in [-0.3, -0.25) is 9.59 Å². The van der Waals surface area contributed by atoms with Crippen LogP contribution in [0.4, 0.5) is 5.69 Å². The Morgan fingerprint density at radius 1 is 1.18 bits per heavy atom. The van der Waals surface area contributed by atoms with Crippen LogP contribution in [-0.4, -0.2) is 34.9 Å². The fourth-order valence-electron chi connectivity index (χ4n) is 4.54. The first-order chi connectivity index (χ1) is 13.5. The molecule has 5 heteroatoms. The molecule has 0 aromatic heterocycles. The smallest absolute Gasteiger partial charge is 0.253 e. The monoisotopic (exact) mass is 376 g/mol. The predicted octanol–water partition coefficient (Wildman–Crippen LogP) is 3.93. The Labute approximate surface area is 164 Å². The third-order valence-electron chi connectivity index (χ3n) is 6.17. The minimum Gasteiger partial charge on any atom is -0.506 e. The van der Waals surface area contributed by atoms with Crippen LogP contribution in [0.3, 0.4) is 0 Å². The second-order valence-corrected chi connectivity index (χ2v) is 7.79. The van der Waals surface area contributed by atoms with Gasteiger partial charge in [-0.25, -0.2) is 0 Å². The standard InChI is InChI=1S/C23H24N2O3/c1-2-21(27)24-19-13-17(9-10-20(19)26)22(28)25-14-18(16-7-4-3-5-8-16)23(15-25)11-6-12-23/h2-5,7-10,13,18,26H,1,6,11-12,14-15H2,(H,24,27). The van der Waals surface area contributed by atoms with Gasteiger partial charge in [0.05, 0.1) is 5.69 Å². The lowest BCUT2D eigenvalue weighted by molar-refractivity contribution is -0.111. The Morgan fingerprint density at radius 2 is 1.93 bits per heavy atom. The van der Waals surface area contributed by atoms with Crippen molar-refractivity contribution < 1.29 is 14.7 Å². The number of hydrogen-bond donors (Lipinski definition) is 2. The van der Waals surface area contributed by atoms with Gasteiger partial charge in [0.2, 0.25) is 5.91 Å². The molecule has 2 amide bonds. The van der Waals surface area contributed by atoms with Gasteiger partial charge in [0.25, 0.3) is 5.91 Å². The van der Waals surface area contributed by atoms with Crippen molar-refractivity contribution in [1.29, 1.82) is 0 Å². The van der Waals surface area contributed by atoms with Crippen LogP contribution in [0.25, 0.3) is 0 Å². The molecule has 5 nitrogen and oxygen atoms in total. The van der Waals surface area contributed by atoms with Crippen molar-refractivity contribution in [3.8, 4) is 5.75 Å². The molecule has 2 aromatic carbocycles. The zero-order chi connectivity index (χ0) is 19.7. The van der Waals surface area contributed by atoms with E-state index in [1.807, 2.05) is 11.0 Å². The van der Waals surface area contributed by atoms with Crippen LogP contribution in [0.1, 0.15) is 41.1 Å². The highest BCUT2D eigenvalue weighted by molar-refractivity contribution is 6.02. The minimum absolute atomic E-state index is 0.0705. The van der Waals surface area contributed by atoms with Gasteiger partial charge in [-0.2, -0.15) is 0 Å². The molecule has 28 heavy (non-hydrogen) atoms. The lowest BCUT2D eigenvalue weighted by Gasteiger charge is -2.43. The first kappa shape index (κ1) is 18.3. The lowest BCUT2D eigenvalue weighted by Crippen LogP contribution is -2.37. The summed E-state index contributed by atoms with van der Waals surface area (Å²) in [5.41, 5.74) is 2.14. The lowest BCUT2D eigenvalue weighted by atomic mass is 9.61. The van der Waals surface area contributed by atoms with Crippen molar-refractivity contribution in [1.82, 2.24) is 4.90 Å². The second-order valence-electron chi connectivity index (χ2n) is 7.79. The average molecular weight is 376 g/mol. The third kappa shape index (κ3) is 3.17. The number of likely N-dealkylation sites (tertiary alicyclic amines) is 1. The molecule has 2 N–H and O–H groups in total. The number of amides is 2. The van der Waals surface area contributed by atoms with Gasteiger partial charge in [-0.05, 0) is 48.1 Å². The molecule has 144 valence electrons. The highest BCUT2D eigenvalue weighted by Gasteiger charge is 2.51. The van der Waals surface area contributed by atoms with Crippen LogP contribution in [0, 0.1) is 5.41 Å². The highest BCUT2D eigenvalue weighted by Crippen LogP contribution is 2.55. The van der Waals surface area contributed by atoms with E-state index in [0.29, 0.717) is 18.0 Å². The van der Waals surface area contributed by atoms with Crippen molar-refractivity contribution in [3.05, 3.63) is 72.3 Å². The Balaban J connectivity index is 1.58. The fourth-order valence-corrected chi connectivity index (χ4v) is 4.54. The van der Waals surface area contributed by atoms with Crippen molar-refractivity contribution >= 4 is 17.5 Å². The van der Waals surface area contributed by atoms with Crippen molar-refractivity contribution in [2.45, 2.75) is 25.2 Å². The molecular formula is C23H24N2O3. The molecule has 1 spiro atoms. The number of anilines is 1. The molecule has 1 saturated carbocycles. The molecular weight excluding hydrogens is 352 g/mol. The molecule has 1 aliphatic heterocycles. The summed E-state index contributed by atoms with van der Waals surface area (Å²) in [5.74, 6) is -0.230. The van der Waals surface area contributed by atoms with Gasteiger partial charge in [0.15, 0.2) is 0 Å². The molecule has 2 fully saturated rings. The normalized spacial score (nSPS) is 19.9. The van der Waals surface area contributed by atoms with E-state index in [9.17, 15) is 14.7 Å². The van der Waals surface area contributed by atoms with Gasteiger partial charge in [-0.1, -0.05) is 43.3 Å². The van der Waals surface area contributed by atoms with Gasteiger partial charge < -0.3 is 15.3 Å². The molecule has 1 aliphatic carbocycles. The second kappa shape index (κ2) is 7.15. The maximum Gasteiger partial charge on any atom is 0.253 e. The summed E-state index contributed by atoms with van der Waals surface area (Å²) < 4.78 is 0. The van der Waals surface area contributed by atoms with Crippen LogP contribution in [0.2, 0.25) is 0 Å². The number of benzene rings is 2. The maximum absolute atomic E-state index is 13.2. The third-order valence-corrected chi connectivity index (χ3v) is 6.17. The first-order valence-corrected chi connectivity index (χ1v) is 9.63. The van der Waals surface area contributed by atoms with E-state index >= 15 is 0 Å². The molecule has 1 heterocycles. The van der Waals surface area contributed by atoms with E-state index in [4.69, 9.17) is 0 Å². The van der Waals surface area contributed by atoms with Crippen molar-refractivity contribution in [2.75, 3.05) is 18.4 Å². The van der Waals surface area contributed by atoms with Crippen LogP contribution in [-0.2, 0) is 4.79 Å². The number of phenolic OH excluding ortho intramolecular Hbond substituents is 1. The summed E-state index contributed by atoms with van der Waals surface area (Å²) in [5, 5.41) is 12.5. The van der Waals surface area contributed by atoms with Crippen LogP contribution >= 0.6 is 0 Å². The van der Waals surface area contributed by atoms with Crippen molar-refractivity contribution in [2.24, 2.45) is 5.41 Å². The van der Waals surface area contributed by atoms with E-state index in [-0.39, 0.29) is 22.8 Å². The number of nitrogens with zero attached hydrogens (tertiary/aromatic N) is 1. The number of nitrogens with one attached hydrogen (secondary N) is 1. The summed E-state index contributed by atoms with van der Waals surface area (Å²) in [7, 11) is 0. The van der Waals surface area contributed by atoms with E-state index in [0.717, 1.165) is 25.5 Å². The van der Waals surface area contributed by atoms with Gasteiger partial charge >= 0.3 is 0 Å². The van der Waals surface area contributed by atoms with E-state index in [1.165, 1.54) is 24.1 Å². The number of carbonyl (C=O) groups is 2. The number of phenols is 1. The highest BCUT2D eigenvalue weighted by atomic mass is 16.3. The number of aromatic hydroxyl groups is 1. The molecule has 1 saturated heterocycles. The Morgan fingerprint density at radius 3 is 2.57 bits per heavy atom. The van der Waals surface area contributed by atoms with E-state index in [2.05, 4.69) is 36.2 Å². The van der Waals surface area contributed by atoms with Gasteiger partial charge in [-0.15, -0.1) is 0 Å². The van der Waals surface area contributed by atoms with Crippen LogP contribution in [0.15, 0.2) is 61.2 Å². The summed E-state index contributed by atoms with van der Waals surface area (Å²) in [4.78, 5) is 26.7. The molecule has 2 aliphatic rings.